The molecule has 2 aliphatic rings. The van der Waals surface area contributed by atoms with Gasteiger partial charge in [-0.2, -0.15) is 26.3 Å². The highest BCUT2D eigenvalue weighted by molar-refractivity contribution is 7.09. The number of nitrogens with zero attached hydrogens (tertiary/aromatic N) is 3. The number of anilines is 1. The molecule has 0 radical (unpaired) electrons. The van der Waals surface area contributed by atoms with Crippen LogP contribution < -0.4 is 5.32 Å². The molecule has 0 spiro atoms. The Kier molecular flexibility index (Phi) is 11.6. The zero-order valence-corrected chi connectivity index (χ0v) is 20.8. The molecule has 0 bridgehead atoms. The number of hydrogen-bond donors (Lipinski definition) is 3. The number of carboxylic acid groups (broad SMARTS) is 2. The highest BCUT2D eigenvalue weighted by Crippen LogP contribution is 2.36. The molecule has 3 atom stereocenters. The van der Waals surface area contributed by atoms with E-state index in [9.17, 15) is 31.1 Å². The lowest BCUT2D eigenvalue weighted by Gasteiger charge is -2.35. The maximum Gasteiger partial charge on any atom is 0.490 e. The predicted octanol–water partition coefficient (Wildman–Crippen LogP) is 3.67. The number of carbonyl (C=O) groups excluding carboxylic acids is 1. The van der Waals surface area contributed by atoms with E-state index in [1.165, 1.54) is 5.01 Å². The molecule has 39 heavy (non-hydrogen) atoms. The number of thiazole rings is 1. The minimum atomic E-state index is -5.08. The normalized spacial score (nSPS) is 20.9. The fraction of sp³-hybridized carbons (Fsp3) is 0.500. The van der Waals surface area contributed by atoms with Crippen LogP contribution in [0.15, 0.2) is 36.1 Å². The molecule has 17 heteroatoms. The summed E-state index contributed by atoms with van der Waals surface area (Å²) in [5, 5.41) is 20.4. The van der Waals surface area contributed by atoms with E-state index in [1.807, 2.05) is 23.7 Å². The van der Waals surface area contributed by atoms with Gasteiger partial charge in [-0.15, -0.1) is 11.3 Å². The second-order valence-corrected chi connectivity index (χ2v) is 9.32. The first kappa shape index (κ1) is 31.9. The van der Waals surface area contributed by atoms with Crippen LogP contribution >= 0.6 is 11.3 Å². The number of halogens is 6. The standard InChI is InChI=1S/C18H22N4O2S.2C2HF3O2/c23-17(21-14-2-1-4-19-9-14)8-16-15-3-6-22(10-13(15)12-24-16)11-18-20-5-7-25-18;2*3-2(4,5)1(6)7/h1-2,4-5,7,9,13,15-16H,3,6,8,10-12H2,(H,21,23);2*(H,6,7)/t13-,15-,16-;;/m1../s1. The summed E-state index contributed by atoms with van der Waals surface area (Å²) >= 11 is 1.71. The third-order valence-electron chi connectivity index (χ3n) is 5.54. The Hall–Kier alpha value is -3.31. The fourth-order valence-corrected chi connectivity index (χ4v) is 4.53. The van der Waals surface area contributed by atoms with Crippen molar-refractivity contribution in [2.45, 2.75) is 37.8 Å². The highest BCUT2D eigenvalue weighted by Gasteiger charge is 2.41. The first-order chi connectivity index (χ1) is 18.2. The number of hydrogen-bond acceptors (Lipinski definition) is 8. The number of pyridine rings is 1. The molecule has 0 unspecified atom stereocenters. The molecule has 2 aromatic heterocycles. The molecule has 3 N–H and O–H groups in total. The Morgan fingerprint density at radius 2 is 1.74 bits per heavy atom. The third-order valence-corrected chi connectivity index (χ3v) is 6.30. The number of aliphatic carboxylic acids is 2. The van der Waals surface area contributed by atoms with E-state index in [0.717, 1.165) is 38.3 Å². The lowest BCUT2D eigenvalue weighted by atomic mass is 9.83. The Bertz CT molecular complexity index is 1050. The summed E-state index contributed by atoms with van der Waals surface area (Å²) in [6.45, 7) is 3.76. The molecule has 2 saturated heterocycles. The molecule has 2 aromatic rings. The number of amides is 1. The zero-order chi connectivity index (χ0) is 29.2. The number of rotatable bonds is 5. The van der Waals surface area contributed by atoms with E-state index in [2.05, 4.69) is 20.2 Å². The SMILES string of the molecule is O=C(C[C@H]1OC[C@H]2CN(Cc3nccs3)CC[C@H]21)Nc1cccnc1.O=C(O)C(F)(F)F.O=C(O)C(F)(F)F. The van der Waals surface area contributed by atoms with Gasteiger partial charge >= 0.3 is 24.3 Å². The van der Waals surface area contributed by atoms with Gasteiger partial charge in [0.1, 0.15) is 5.01 Å². The molecule has 4 heterocycles. The van der Waals surface area contributed by atoms with Crippen molar-refractivity contribution in [2.75, 3.05) is 25.0 Å². The van der Waals surface area contributed by atoms with Crippen molar-refractivity contribution in [3.05, 3.63) is 41.1 Å². The smallest absolute Gasteiger partial charge is 0.475 e. The van der Waals surface area contributed by atoms with E-state index >= 15 is 0 Å². The first-order valence-corrected chi connectivity index (χ1v) is 12.1. The van der Waals surface area contributed by atoms with Gasteiger partial charge in [0, 0.05) is 30.2 Å². The number of carboxylic acids is 2. The first-order valence-electron chi connectivity index (χ1n) is 11.2. The summed E-state index contributed by atoms with van der Waals surface area (Å²) in [4.78, 5) is 40.9. The highest BCUT2D eigenvalue weighted by atomic mass is 32.1. The van der Waals surface area contributed by atoms with Gasteiger partial charge in [0.05, 0.1) is 37.6 Å². The molecule has 0 aromatic carbocycles. The molecule has 1 amide bonds. The van der Waals surface area contributed by atoms with Gasteiger partial charge in [-0.05, 0) is 31.0 Å². The Balaban J connectivity index is 0.000000317. The van der Waals surface area contributed by atoms with Gasteiger partial charge < -0.3 is 20.3 Å². The second-order valence-electron chi connectivity index (χ2n) is 8.35. The summed E-state index contributed by atoms with van der Waals surface area (Å²) in [7, 11) is 0. The quantitative estimate of drug-likeness (QED) is 0.448. The number of aromatic nitrogens is 2. The van der Waals surface area contributed by atoms with Crippen molar-refractivity contribution >= 4 is 34.9 Å². The van der Waals surface area contributed by atoms with E-state index in [0.29, 0.717) is 18.3 Å². The van der Waals surface area contributed by atoms with Crippen LogP contribution in [0.5, 0.6) is 0 Å². The average molecular weight is 587 g/mol. The summed E-state index contributed by atoms with van der Waals surface area (Å²) in [6.07, 6.45) is -3.41. The molecule has 216 valence electrons. The Labute approximate surface area is 221 Å². The van der Waals surface area contributed by atoms with Crippen LogP contribution in [0.3, 0.4) is 0 Å². The fourth-order valence-electron chi connectivity index (χ4n) is 3.87. The maximum atomic E-state index is 12.3. The number of piperidine rings is 1. The number of likely N-dealkylation sites (tertiary alicyclic amines) is 1. The topological polar surface area (TPSA) is 142 Å². The van der Waals surface area contributed by atoms with Gasteiger partial charge in [-0.3, -0.25) is 14.7 Å². The summed E-state index contributed by atoms with van der Waals surface area (Å²) in [6, 6.07) is 3.66. The predicted molar refractivity (Wildman–Crippen MR) is 124 cm³/mol. The monoisotopic (exact) mass is 586 g/mol. The second kappa shape index (κ2) is 14.2. The molecule has 2 fully saturated rings. The molecule has 2 aliphatic heterocycles. The number of nitrogens with one attached hydrogen (secondary N) is 1. The van der Waals surface area contributed by atoms with Crippen LogP contribution in [-0.4, -0.2) is 81.1 Å². The number of carbonyl (C=O) groups is 3. The molecule has 0 aliphatic carbocycles. The van der Waals surface area contributed by atoms with Crippen molar-refractivity contribution in [3.63, 3.8) is 0 Å². The van der Waals surface area contributed by atoms with Crippen molar-refractivity contribution in [1.29, 1.82) is 0 Å². The van der Waals surface area contributed by atoms with E-state index in [4.69, 9.17) is 24.5 Å². The largest absolute Gasteiger partial charge is 0.490 e. The lowest BCUT2D eigenvalue weighted by molar-refractivity contribution is -0.193. The summed E-state index contributed by atoms with van der Waals surface area (Å²) in [5.41, 5.74) is 0.736. The summed E-state index contributed by atoms with van der Waals surface area (Å²) in [5.74, 6) is -4.51. The summed E-state index contributed by atoms with van der Waals surface area (Å²) < 4.78 is 69.4. The van der Waals surface area contributed by atoms with Crippen molar-refractivity contribution < 1.29 is 55.7 Å². The van der Waals surface area contributed by atoms with E-state index in [1.54, 1.807) is 23.7 Å². The molecule has 4 rings (SSSR count). The van der Waals surface area contributed by atoms with Gasteiger partial charge in [0.2, 0.25) is 5.91 Å². The molecular formula is C22H24F6N4O6S. The van der Waals surface area contributed by atoms with E-state index in [-0.39, 0.29) is 12.0 Å². The van der Waals surface area contributed by atoms with Gasteiger partial charge in [0.25, 0.3) is 0 Å². The third kappa shape index (κ3) is 11.1. The van der Waals surface area contributed by atoms with Crippen LogP contribution in [0.4, 0.5) is 32.0 Å². The molecule has 0 saturated carbocycles. The Morgan fingerprint density at radius 1 is 1.10 bits per heavy atom. The van der Waals surface area contributed by atoms with Crippen LogP contribution in [0.1, 0.15) is 17.8 Å². The van der Waals surface area contributed by atoms with Crippen LogP contribution in [-0.2, 0) is 25.7 Å². The average Bonchev–Trinajstić information content (AvgIpc) is 3.49. The lowest BCUT2D eigenvalue weighted by Crippen LogP contribution is -2.41. The van der Waals surface area contributed by atoms with Crippen LogP contribution in [0.25, 0.3) is 0 Å². The maximum absolute atomic E-state index is 12.3. The Morgan fingerprint density at radius 3 is 2.26 bits per heavy atom. The van der Waals surface area contributed by atoms with E-state index < -0.39 is 24.3 Å². The van der Waals surface area contributed by atoms with Gasteiger partial charge in [-0.25, -0.2) is 14.6 Å². The molecule has 10 nitrogen and oxygen atoms in total. The number of fused-ring (bicyclic) bond motifs is 1. The van der Waals surface area contributed by atoms with Gasteiger partial charge in [0.15, 0.2) is 0 Å². The van der Waals surface area contributed by atoms with Crippen molar-refractivity contribution in [3.8, 4) is 0 Å². The van der Waals surface area contributed by atoms with Crippen molar-refractivity contribution in [2.24, 2.45) is 11.8 Å². The number of alkyl halides is 6. The zero-order valence-electron chi connectivity index (χ0n) is 20.0. The van der Waals surface area contributed by atoms with Crippen molar-refractivity contribution in [1.82, 2.24) is 14.9 Å². The van der Waals surface area contributed by atoms with Crippen LogP contribution in [0, 0.1) is 11.8 Å². The van der Waals surface area contributed by atoms with Crippen LogP contribution in [0.2, 0.25) is 0 Å². The van der Waals surface area contributed by atoms with Gasteiger partial charge in [-0.1, -0.05) is 0 Å². The minimum absolute atomic E-state index is 0.00358. The molecular weight excluding hydrogens is 562 g/mol. The number of ether oxygens (including phenoxy) is 1. The minimum Gasteiger partial charge on any atom is -0.475 e.